The maximum absolute atomic E-state index is 12.8. The predicted molar refractivity (Wildman–Crippen MR) is 122 cm³/mol. The van der Waals surface area contributed by atoms with Crippen LogP contribution in [0.4, 0.5) is 5.69 Å². The molecule has 158 valence electrons. The summed E-state index contributed by atoms with van der Waals surface area (Å²) in [5.74, 6) is 1.01. The molecule has 7 heteroatoms. The molecule has 0 N–H and O–H groups in total. The Hall–Kier alpha value is -2.02. The Morgan fingerprint density at radius 3 is 2.33 bits per heavy atom. The average Bonchev–Trinajstić information content (AvgIpc) is 2.79. The number of halogens is 1. The summed E-state index contributed by atoms with van der Waals surface area (Å²) in [5.41, 5.74) is 2.20. The molecule has 0 saturated carbocycles. The van der Waals surface area contributed by atoms with Crippen LogP contribution in [-0.4, -0.2) is 60.1 Å². The molecule has 2 aliphatic heterocycles. The molecule has 2 aliphatic rings. The van der Waals surface area contributed by atoms with E-state index in [9.17, 15) is 9.59 Å². The zero-order valence-electron chi connectivity index (χ0n) is 16.9. The number of rotatable bonds is 5. The van der Waals surface area contributed by atoms with Crippen molar-refractivity contribution in [3.8, 4) is 0 Å². The van der Waals surface area contributed by atoms with Crippen LogP contribution in [0.3, 0.4) is 0 Å². The van der Waals surface area contributed by atoms with Crippen molar-refractivity contribution in [3.05, 3.63) is 59.1 Å². The Labute approximate surface area is 187 Å². The number of anilines is 1. The SMILES string of the molecule is O=C(CCC(=O)N1CCSc2ccccc21)N1CCN(Cc2ccc(Cl)cc2)CC1. The van der Waals surface area contributed by atoms with Crippen LogP contribution >= 0.6 is 23.4 Å². The quantitative estimate of drug-likeness (QED) is 0.702. The molecule has 0 bridgehead atoms. The first-order chi connectivity index (χ1) is 14.6. The van der Waals surface area contributed by atoms with Crippen molar-refractivity contribution in [2.75, 3.05) is 43.4 Å². The highest BCUT2D eigenvalue weighted by Gasteiger charge is 2.25. The summed E-state index contributed by atoms with van der Waals surface area (Å²) in [7, 11) is 0. The molecule has 1 saturated heterocycles. The van der Waals surface area contributed by atoms with Crippen molar-refractivity contribution in [1.82, 2.24) is 9.80 Å². The van der Waals surface area contributed by atoms with Gasteiger partial charge in [-0.2, -0.15) is 0 Å². The molecule has 0 aromatic heterocycles. The van der Waals surface area contributed by atoms with Gasteiger partial charge in [-0.15, -0.1) is 11.8 Å². The molecule has 2 amide bonds. The summed E-state index contributed by atoms with van der Waals surface area (Å²) in [4.78, 5) is 32.6. The van der Waals surface area contributed by atoms with Gasteiger partial charge in [-0.25, -0.2) is 0 Å². The minimum atomic E-state index is 0.0393. The summed E-state index contributed by atoms with van der Waals surface area (Å²) in [6.07, 6.45) is 0.546. The number of amides is 2. The zero-order chi connectivity index (χ0) is 20.9. The average molecular weight is 444 g/mol. The number of hydrogen-bond donors (Lipinski definition) is 0. The van der Waals surface area contributed by atoms with E-state index in [0.717, 1.165) is 41.0 Å². The van der Waals surface area contributed by atoms with E-state index >= 15 is 0 Å². The van der Waals surface area contributed by atoms with Gasteiger partial charge < -0.3 is 9.80 Å². The van der Waals surface area contributed by atoms with Crippen LogP contribution in [0.2, 0.25) is 5.02 Å². The van der Waals surface area contributed by atoms with Crippen LogP contribution < -0.4 is 4.90 Å². The van der Waals surface area contributed by atoms with Gasteiger partial charge in [0.1, 0.15) is 0 Å². The molecule has 0 atom stereocenters. The Balaban J connectivity index is 1.23. The highest BCUT2D eigenvalue weighted by Crippen LogP contribution is 2.34. The summed E-state index contributed by atoms with van der Waals surface area (Å²) >= 11 is 7.73. The van der Waals surface area contributed by atoms with Crippen molar-refractivity contribution < 1.29 is 9.59 Å². The van der Waals surface area contributed by atoms with Gasteiger partial charge >= 0.3 is 0 Å². The lowest BCUT2D eigenvalue weighted by atomic mass is 10.2. The Kier molecular flexibility index (Phi) is 6.97. The van der Waals surface area contributed by atoms with Gasteiger partial charge in [-0.05, 0) is 29.8 Å². The Morgan fingerprint density at radius 2 is 1.57 bits per heavy atom. The molecule has 4 rings (SSSR count). The second-order valence-electron chi connectivity index (χ2n) is 7.64. The van der Waals surface area contributed by atoms with E-state index in [1.807, 2.05) is 58.3 Å². The topological polar surface area (TPSA) is 43.9 Å². The molecule has 5 nitrogen and oxygen atoms in total. The third-order valence-electron chi connectivity index (χ3n) is 5.63. The predicted octanol–water partition coefficient (Wildman–Crippen LogP) is 3.90. The van der Waals surface area contributed by atoms with E-state index in [2.05, 4.69) is 4.90 Å². The van der Waals surface area contributed by atoms with E-state index in [-0.39, 0.29) is 24.7 Å². The van der Waals surface area contributed by atoms with Gasteiger partial charge in [0.25, 0.3) is 0 Å². The van der Waals surface area contributed by atoms with Crippen LogP contribution in [0.15, 0.2) is 53.4 Å². The first kappa shape index (κ1) is 21.2. The number of thioether (sulfide) groups is 1. The first-order valence-electron chi connectivity index (χ1n) is 10.4. The van der Waals surface area contributed by atoms with E-state index in [0.29, 0.717) is 19.6 Å². The lowest BCUT2D eigenvalue weighted by molar-refractivity contribution is -0.134. The van der Waals surface area contributed by atoms with Crippen molar-refractivity contribution in [3.63, 3.8) is 0 Å². The zero-order valence-corrected chi connectivity index (χ0v) is 18.5. The van der Waals surface area contributed by atoms with Gasteiger partial charge in [0.2, 0.25) is 11.8 Å². The minimum absolute atomic E-state index is 0.0393. The standard InChI is InChI=1S/C23H26ClN3O2S/c24-19-7-5-18(6-8-19)17-25-11-13-26(14-12-25)22(28)9-10-23(29)27-15-16-30-21-4-2-1-3-20(21)27/h1-8H,9-17H2. The fourth-order valence-electron chi connectivity index (χ4n) is 3.94. The summed E-state index contributed by atoms with van der Waals surface area (Å²) in [6.45, 7) is 4.69. The van der Waals surface area contributed by atoms with Gasteiger partial charge in [0, 0.05) is 67.8 Å². The fourth-order valence-corrected chi connectivity index (χ4v) is 5.06. The molecular formula is C23H26ClN3O2S. The normalized spacial score (nSPS) is 17.0. The maximum Gasteiger partial charge on any atom is 0.227 e. The van der Waals surface area contributed by atoms with Gasteiger partial charge in [0.15, 0.2) is 0 Å². The molecule has 0 aliphatic carbocycles. The van der Waals surface area contributed by atoms with Gasteiger partial charge in [-0.3, -0.25) is 14.5 Å². The third-order valence-corrected chi connectivity index (χ3v) is 6.92. The second kappa shape index (κ2) is 9.86. The molecular weight excluding hydrogens is 418 g/mol. The lowest BCUT2D eigenvalue weighted by Gasteiger charge is -2.35. The fraction of sp³-hybridized carbons (Fsp3) is 0.391. The number of benzene rings is 2. The van der Waals surface area contributed by atoms with Crippen LogP contribution in [0, 0.1) is 0 Å². The van der Waals surface area contributed by atoms with E-state index < -0.39 is 0 Å². The largest absolute Gasteiger partial charge is 0.340 e. The summed E-state index contributed by atoms with van der Waals surface area (Å²) in [6, 6.07) is 15.9. The first-order valence-corrected chi connectivity index (χ1v) is 11.7. The molecule has 2 aromatic carbocycles. The van der Waals surface area contributed by atoms with E-state index in [1.54, 1.807) is 11.8 Å². The number of piperazine rings is 1. The number of carbonyl (C=O) groups excluding carboxylic acids is 2. The molecule has 1 fully saturated rings. The highest BCUT2D eigenvalue weighted by molar-refractivity contribution is 7.99. The lowest BCUT2D eigenvalue weighted by Crippen LogP contribution is -2.48. The van der Waals surface area contributed by atoms with E-state index in [1.165, 1.54) is 5.56 Å². The van der Waals surface area contributed by atoms with Crippen LogP contribution in [0.25, 0.3) is 0 Å². The van der Waals surface area contributed by atoms with Crippen LogP contribution in [-0.2, 0) is 16.1 Å². The number of hydrogen-bond acceptors (Lipinski definition) is 4. The van der Waals surface area contributed by atoms with E-state index in [4.69, 9.17) is 11.6 Å². The number of para-hydroxylation sites is 1. The Morgan fingerprint density at radius 1 is 0.867 bits per heavy atom. The monoisotopic (exact) mass is 443 g/mol. The molecule has 30 heavy (non-hydrogen) atoms. The second-order valence-corrected chi connectivity index (χ2v) is 9.22. The molecule has 2 aromatic rings. The Bertz CT molecular complexity index is 898. The summed E-state index contributed by atoms with van der Waals surface area (Å²) in [5, 5.41) is 0.746. The molecule has 0 unspecified atom stereocenters. The van der Waals surface area contributed by atoms with Gasteiger partial charge in [-0.1, -0.05) is 35.9 Å². The molecule has 2 heterocycles. The van der Waals surface area contributed by atoms with Crippen molar-refractivity contribution >= 4 is 40.9 Å². The van der Waals surface area contributed by atoms with Crippen LogP contribution in [0.1, 0.15) is 18.4 Å². The van der Waals surface area contributed by atoms with Crippen LogP contribution in [0.5, 0.6) is 0 Å². The number of nitrogens with zero attached hydrogens (tertiary/aromatic N) is 3. The third kappa shape index (κ3) is 5.17. The van der Waals surface area contributed by atoms with Gasteiger partial charge in [0.05, 0.1) is 5.69 Å². The van der Waals surface area contributed by atoms with Crippen molar-refractivity contribution in [1.29, 1.82) is 0 Å². The molecule has 0 spiro atoms. The smallest absolute Gasteiger partial charge is 0.227 e. The number of fused-ring (bicyclic) bond motifs is 1. The summed E-state index contributed by atoms with van der Waals surface area (Å²) < 4.78 is 0. The van der Waals surface area contributed by atoms with Crippen molar-refractivity contribution in [2.45, 2.75) is 24.3 Å². The number of carbonyl (C=O) groups is 2. The highest BCUT2D eigenvalue weighted by atomic mass is 35.5. The molecule has 0 radical (unpaired) electrons. The minimum Gasteiger partial charge on any atom is -0.340 e. The maximum atomic E-state index is 12.8. The van der Waals surface area contributed by atoms with Crippen molar-refractivity contribution in [2.24, 2.45) is 0 Å².